The van der Waals surface area contributed by atoms with Crippen molar-refractivity contribution in [3.8, 4) is 0 Å². The lowest BCUT2D eigenvalue weighted by Gasteiger charge is -2.24. The van der Waals surface area contributed by atoms with E-state index in [9.17, 15) is 4.79 Å². The van der Waals surface area contributed by atoms with E-state index in [1.165, 1.54) is 0 Å². The quantitative estimate of drug-likeness (QED) is 0.746. The number of Topliss-reactive ketones (excluding diaryl/α,β-unsaturated/α-hetero) is 1. The fourth-order valence-corrected chi connectivity index (χ4v) is 2.30. The van der Waals surface area contributed by atoms with Gasteiger partial charge in [-0.3, -0.25) is 4.79 Å². The van der Waals surface area contributed by atoms with Gasteiger partial charge in [0.25, 0.3) is 0 Å². The average Bonchev–Trinajstić information content (AvgIpc) is 2.84. The van der Waals surface area contributed by atoms with Gasteiger partial charge in [-0.15, -0.1) is 0 Å². The molecule has 0 bridgehead atoms. The summed E-state index contributed by atoms with van der Waals surface area (Å²) in [5, 5.41) is 0. The minimum absolute atomic E-state index is 0.0967. The topological polar surface area (TPSA) is 39.4 Å². The predicted octanol–water partition coefficient (Wildman–Crippen LogP) is 3.67. The van der Waals surface area contributed by atoms with Gasteiger partial charge in [0.2, 0.25) is 0 Å². The van der Waals surface area contributed by atoms with E-state index in [0.717, 1.165) is 5.56 Å². The Morgan fingerprint density at radius 3 is 2.89 bits per heavy atom. The van der Waals surface area contributed by atoms with Gasteiger partial charge in [-0.05, 0) is 18.9 Å². The summed E-state index contributed by atoms with van der Waals surface area (Å²) in [6.07, 6.45) is 8.25. The third-order valence-electron chi connectivity index (χ3n) is 3.08. The van der Waals surface area contributed by atoms with Crippen LogP contribution in [-0.2, 0) is 9.53 Å². The summed E-state index contributed by atoms with van der Waals surface area (Å²) in [6.45, 7) is 6.07. The molecule has 0 saturated heterocycles. The van der Waals surface area contributed by atoms with Gasteiger partial charge in [0.1, 0.15) is 11.9 Å². The van der Waals surface area contributed by atoms with E-state index >= 15 is 0 Å². The largest absolute Gasteiger partial charge is 0.472 e. The summed E-state index contributed by atoms with van der Waals surface area (Å²) < 4.78 is 11.0. The van der Waals surface area contributed by atoms with E-state index < -0.39 is 5.60 Å². The zero-order valence-corrected chi connectivity index (χ0v) is 11.2. The Morgan fingerprint density at radius 2 is 2.28 bits per heavy atom. The molecule has 2 unspecified atom stereocenters. The number of carbonyl (C=O) groups is 1. The summed E-state index contributed by atoms with van der Waals surface area (Å²) in [7, 11) is 0. The lowest BCUT2D eigenvalue weighted by molar-refractivity contribution is -0.125. The number of furan rings is 1. The van der Waals surface area contributed by atoms with Crippen molar-refractivity contribution in [2.45, 2.75) is 45.3 Å². The molecule has 2 rings (SSSR count). The Labute approximate surface area is 108 Å². The molecule has 18 heavy (non-hydrogen) atoms. The fourth-order valence-electron chi connectivity index (χ4n) is 2.30. The molecule has 1 aliphatic heterocycles. The molecule has 1 aliphatic rings. The third-order valence-corrected chi connectivity index (χ3v) is 3.08. The number of ether oxygens (including phenoxy) is 1. The fraction of sp³-hybridized carbons (Fsp3) is 0.533. The number of hydrogen-bond acceptors (Lipinski definition) is 3. The Bertz CT molecular complexity index is 431. The molecule has 0 spiro atoms. The standard InChI is InChI=1S/C15H20O3/c1-11(2)8-13(16)9-15(3)6-4-14(18-15)12-5-7-17-10-12/h4-7,10-11,14H,8-9H2,1-3H3. The second-order valence-corrected chi connectivity index (χ2v) is 5.58. The van der Waals surface area contributed by atoms with E-state index in [1.54, 1.807) is 12.5 Å². The zero-order chi connectivity index (χ0) is 13.2. The van der Waals surface area contributed by atoms with Crippen LogP contribution < -0.4 is 0 Å². The molecule has 0 amide bonds. The summed E-state index contributed by atoms with van der Waals surface area (Å²) in [6, 6.07) is 1.89. The first kappa shape index (κ1) is 13.1. The van der Waals surface area contributed by atoms with Gasteiger partial charge in [-0.25, -0.2) is 0 Å². The van der Waals surface area contributed by atoms with Crippen LogP contribution >= 0.6 is 0 Å². The van der Waals surface area contributed by atoms with E-state index in [4.69, 9.17) is 9.15 Å². The molecular weight excluding hydrogens is 228 g/mol. The van der Waals surface area contributed by atoms with Gasteiger partial charge >= 0.3 is 0 Å². The van der Waals surface area contributed by atoms with Gasteiger partial charge < -0.3 is 9.15 Å². The van der Waals surface area contributed by atoms with Crippen LogP contribution in [0.2, 0.25) is 0 Å². The molecule has 1 aromatic rings. The van der Waals surface area contributed by atoms with Crippen LogP contribution in [0.3, 0.4) is 0 Å². The molecule has 0 aromatic carbocycles. The maximum Gasteiger partial charge on any atom is 0.136 e. The Balaban J connectivity index is 1.95. The normalized spacial score (nSPS) is 27.0. The minimum atomic E-state index is -0.478. The molecule has 2 atom stereocenters. The maximum absolute atomic E-state index is 11.9. The number of hydrogen-bond donors (Lipinski definition) is 0. The van der Waals surface area contributed by atoms with Gasteiger partial charge in [0.05, 0.1) is 18.1 Å². The Kier molecular flexibility index (Phi) is 3.71. The lowest BCUT2D eigenvalue weighted by atomic mass is 9.95. The van der Waals surface area contributed by atoms with Crippen molar-refractivity contribution in [3.63, 3.8) is 0 Å². The molecular formula is C15H20O3. The van der Waals surface area contributed by atoms with Crippen LogP contribution in [0.5, 0.6) is 0 Å². The number of carbonyl (C=O) groups excluding carboxylic acids is 1. The summed E-state index contributed by atoms with van der Waals surface area (Å²) in [4.78, 5) is 11.9. The maximum atomic E-state index is 11.9. The van der Waals surface area contributed by atoms with E-state index in [2.05, 4.69) is 13.8 Å². The first-order valence-electron chi connectivity index (χ1n) is 6.39. The van der Waals surface area contributed by atoms with Gasteiger partial charge in [-0.2, -0.15) is 0 Å². The molecule has 1 aromatic heterocycles. The highest BCUT2D eigenvalue weighted by atomic mass is 16.5. The van der Waals surface area contributed by atoms with Crippen molar-refractivity contribution < 1.29 is 13.9 Å². The van der Waals surface area contributed by atoms with Gasteiger partial charge in [-0.1, -0.05) is 26.0 Å². The van der Waals surface area contributed by atoms with Crippen LogP contribution in [0.25, 0.3) is 0 Å². The Hall–Kier alpha value is -1.35. The van der Waals surface area contributed by atoms with Gasteiger partial charge in [0, 0.05) is 18.4 Å². The van der Waals surface area contributed by atoms with Crippen molar-refractivity contribution in [2.24, 2.45) is 5.92 Å². The smallest absolute Gasteiger partial charge is 0.136 e. The average molecular weight is 248 g/mol. The molecule has 0 radical (unpaired) electrons. The molecule has 3 nitrogen and oxygen atoms in total. The van der Waals surface area contributed by atoms with Crippen molar-refractivity contribution in [1.82, 2.24) is 0 Å². The second-order valence-electron chi connectivity index (χ2n) is 5.58. The lowest BCUT2D eigenvalue weighted by Crippen LogP contribution is -2.27. The Morgan fingerprint density at radius 1 is 1.50 bits per heavy atom. The third kappa shape index (κ3) is 3.10. The highest BCUT2D eigenvalue weighted by Crippen LogP contribution is 2.35. The number of rotatable bonds is 5. The molecule has 0 saturated carbocycles. The van der Waals surface area contributed by atoms with Crippen LogP contribution in [0, 0.1) is 5.92 Å². The van der Waals surface area contributed by atoms with E-state index in [-0.39, 0.29) is 11.9 Å². The van der Waals surface area contributed by atoms with Crippen molar-refractivity contribution >= 4 is 5.78 Å². The molecule has 98 valence electrons. The van der Waals surface area contributed by atoms with Crippen LogP contribution in [-0.4, -0.2) is 11.4 Å². The monoisotopic (exact) mass is 248 g/mol. The van der Waals surface area contributed by atoms with Gasteiger partial charge in [0.15, 0.2) is 0 Å². The molecule has 0 aliphatic carbocycles. The zero-order valence-electron chi connectivity index (χ0n) is 11.2. The first-order valence-corrected chi connectivity index (χ1v) is 6.39. The molecule has 3 heteroatoms. The first-order chi connectivity index (χ1) is 8.48. The highest BCUT2D eigenvalue weighted by molar-refractivity contribution is 5.80. The highest BCUT2D eigenvalue weighted by Gasteiger charge is 2.33. The predicted molar refractivity (Wildman–Crippen MR) is 69.2 cm³/mol. The van der Waals surface area contributed by atoms with Crippen LogP contribution in [0.4, 0.5) is 0 Å². The summed E-state index contributed by atoms with van der Waals surface area (Å²) in [5.41, 5.74) is 0.514. The summed E-state index contributed by atoms with van der Waals surface area (Å²) in [5.74, 6) is 0.654. The minimum Gasteiger partial charge on any atom is -0.472 e. The summed E-state index contributed by atoms with van der Waals surface area (Å²) >= 11 is 0. The van der Waals surface area contributed by atoms with Crippen molar-refractivity contribution in [3.05, 3.63) is 36.3 Å². The SMILES string of the molecule is CC(C)CC(=O)CC1(C)C=CC(c2ccoc2)O1. The molecule has 2 heterocycles. The number of ketones is 1. The van der Waals surface area contributed by atoms with Crippen LogP contribution in [0.1, 0.15) is 45.3 Å². The van der Waals surface area contributed by atoms with E-state index in [0.29, 0.717) is 18.8 Å². The molecule has 0 fully saturated rings. The van der Waals surface area contributed by atoms with Crippen molar-refractivity contribution in [2.75, 3.05) is 0 Å². The molecule has 0 N–H and O–H groups in total. The van der Waals surface area contributed by atoms with Crippen molar-refractivity contribution in [1.29, 1.82) is 0 Å². The van der Waals surface area contributed by atoms with E-state index in [1.807, 2.05) is 25.1 Å². The van der Waals surface area contributed by atoms with Crippen LogP contribution in [0.15, 0.2) is 35.2 Å². The second kappa shape index (κ2) is 5.11.